The van der Waals surface area contributed by atoms with Crippen molar-refractivity contribution in [3.8, 4) is 5.75 Å². The molecule has 0 aliphatic heterocycles. The van der Waals surface area contributed by atoms with E-state index in [-0.39, 0.29) is 0 Å². The highest BCUT2D eigenvalue weighted by molar-refractivity contribution is 5.76. The van der Waals surface area contributed by atoms with E-state index >= 15 is 0 Å². The van der Waals surface area contributed by atoms with Gasteiger partial charge in [-0.25, -0.2) is 4.98 Å². The molecule has 0 fully saturated rings. The molecule has 1 atom stereocenters. The van der Waals surface area contributed by atoms with E-state index in [1.165, 1.54) is 5.52 Å². The maximum atomic E-state index is 5.87. The van der Waals surface area contributed by atoms with Gasteiger partial charge < -0.3 is 9.30 Å². The second-order valence-corrected chi connectivity index (χ2v) is 5.25. The predicted octanol–water partition coefficient (Wildman–Crippen LogP) is 4.59. The van der Waals surface area contributed by atoms with Crippen molar-refractivity contribution in [2.24, 2.45) is 0 Å². The molecule has 21 heavy (non-hydrogen) atoms. The zero-order valence-electron chi connectivity index (χ0n) is 12.5. The van der Waals surface area contributed by atoms with Crippen LogP contribution in [-0.4, -0.2) is 9.55 Å². The monoisotopic (exact) mass is 280 g/mol. The van der Waals surface area contributed by atoms with Crippen LogP contribution in [0, 0.1) is 0 Å². The largest absolute Gasteiger partial charge is 0.486 e. The van der Waals surface area contributed by atoms with Crippen LogP contribution in [0.3, 0.4) is 0 Å². The summed E-state index contributed by atoms with van der Waals surface area (Å²) in [6, 6.07) is 18.6. The van der Waals surface area contributed by atoms with Crippen molar-refractivity contribution < 1.29 is 4.74 Å². The quantitative estimate of drug-likeness (QED) is 0.683. The molecular formula is C18H20N2O. The molecule has 1 heterocycles. The Morgan fingerprint density at radius 1 is 1.05 bits per heavy atom. The Bertz CT molecular complexity index is 718. The highest BCUT2D eigenvalue weighted by Crippen LogP contribution is 2.24. The molecule has 0 N–H and O–H groups in total. The smallest absolute Gasteiger partial charge is 0.148 e. The van der Waals surface area contributed by atoms with E-state index in [0.29, 0.717) is 12.6 Å². The molecule has 3 aromatic rings. The van der Waals surface area contributed by atoms with E-state index in [4.69, 9.17) is 9.72 Å². The topological polar surface area (TPSA) is 27.1 Å². The minimum absolute atomic E-state index is 0.409. The summed E-state index contributed by atoms with van der Waals surface area (Å²) in [6.07, 6.45) is 1.07. The van der Waals surface area contributed by atoms with Gasteiger partial charge in [-0.05, 0) is 37.6 Å². The molecule has 0 saturated carbocycles. The molecule has 3 rings (SSSR count). The molecule has 0 amide bonds. The van der Waals surface area contributed by atoms with E-state index in [9.17, 15) is 0 Å². The van der Waals surface area contributed by atoms with Crippen molar-refractivity contribution in [2.45, 2.75) is 32.9 Å². The lowest BCUT2D eigenvalue weighted by Crippen LogP contribution is -2.11. The summed E-state index contributed by atoms with van der Waals surface area (Å²) in [4.78, 5) is 4.73. The van der Waals surface area contributed by atoms with Crippen molar-refractivity contribution in [3.05, 3.63) is 60.4 Å². The lowest BCUT2D eigenvalue weighted by molar-refractivity contribution is 0.286. The van der Waals surface area contributed by atoms with Crippen LogP contribution in [0.2, 0.25) is 0 Å². The standard InChI is InChI=1S/C18H20N2O/c1-3-14(2)20-17-12-8-7-11-16(17)19-18(20)13-21-15-9-5-4-6-10-15/h4-12,14H,3,13H2,1-2H3. The van der Waals surface area contributed by atoms with Gasteiger partial charge in [0.05, 0.1) is 11.0 Å². The summed E-state index contributed by atoms with van der Waals surface area (Å²) >= 11 is 0. The molecule has 0 spiro atoms. The first-order chi connectivity index (χ1) is 10.3. The zero-order valence-corrected chi connectivity index (χ0v) is 12.5. The van der Waals surface area contributed by atoms with E-state index < -0.39 is 0 Å². The van der Waals surface area contributed by atoms with Gasteiger partial charge >= 0.3 is 0 Å². The third-order valence-corrected chi connectivity index (χ3v) is 3.81. The fourth-order valence-electron chi connectivity index (χ4n) is 2.54. The Kier molecular flexibility index (Phi) is 3.91. The van der Waals surface area contributed by atoms with Gasteiger partial charge in [-0.1, -0.05) is 37.3 Å². The maximum absolute atomic E-state index is 5.87. The molecule has 3 heteroatoms. The summed E-state index contributed by atoms with van der Waals surface area (Å²) in [5.74, 6) is 1.86. The average Bonchev–Trinajstić information content (AvgIpc) is 2.91. The molecule has 0 aliphatic rings. The van der Waals surface area contributed by atoms with Gasteiger partial charge in [0.25, 0.3) is 0 Å². The van der Waals surface area contributed by atoms with Gasteiger partial charge in [0.15, 0.2) is 0 Å². The fourth-order valence-corrected chi connectivity index (χ4v) is 2.54. The lowest BCUT2D eigenvalue weighted by Gasteiger charge is -2.16. The van der Waals surface area contributed by atoms with Crippen molar-refractivity contribution in [3.63, 3.8) is 0 Å². The zero-order chi connectivity index (χ0) is 14.7. The van der Waals surface area contributed by atoms with Crippen LogP contribution in [0.4, 0.5) is 0 Å². The Morgan fingerprint density at radius 3 is 2.52 bits per heavy atom. The minimum atomic E-state index is 0.409. The summed E-state index contributed by atoms with van der Waals surface area (Å²) in [7, 11) is 0. The van der Waals surface area contributed by atoms with Crippen molar-refractivity contribution in [2.75, 3.05) is 0 Å². The molecular weight excluding hydrogens is 260 g/mol. The second-order valence-electron chi connectivity index (χ2n) is 5.25. The molecule has 3 nitrogen and oxygen atoms in total. The molecule has 2 aromatic carbocycles. The Hall–Kier alpha value is -2.29. The van der Waals surface area contributed by atoms with E-state index in [2.05, 4.69) is 36.6 Å². The first-order valence-corrected chi connectivity index (χ1v) is 7.43. The number of hydrogen-bond donors (Lipinski definition) is 0. The van der Waals surface area contributed by atoms with Crippen LogP contribution >= 0.6 is 0 Å². The fraction of sp³-hybridized carbons (Fsp3) is 0.278. The van der Waals surface area contributed by atoms with Gasteiger partial charge in [0.2, 0.25) is 0 Å². The van der Waals surface area contributed by atoms with Crippen LogP contribution in [0.1, 0.15) is 32.1 Å². The Morgan fingerprint density at radius 2 is 1.76 bits per heavy atom. The number of nitrogens with zero attached hydrogens (tertiary/aromatic N) is 2. The summed E-state index contributed by atoms with van der Waals surface area (Å²) in [5, 5.41) is 0. The van der Waals surface area contributed by atoms with Crippen molar-refractivity contribution >= 4 is 11.0 Å². The SMILES string of the molecule is CCC(C)n1c(COc2ccccc2)nc2ccccc21. The summed E-state index contributed by atoms with van der Waals surface area (Å²) in [5.41, 5.74) is 2.21. The van der Waals surface area contributed by atoms with Crippen LogP contribution in [0.25, 0.3) is 11.0 Å². The number of hydrogen-bond acceptors (Lipinski definition) is 2. The highest BCUT2D eigenvalue weighted by atomic mass is 16.5. The Labute approximate surface area is 125 Å². The Balaban J connectivity index is 1.93. The molecule has 1 aromatic heterocycles. The van der Waals surface area contributed by atoms with Gasteiger partial charge in [-0.2, -0.15) is 0 Å². The average molecular weight is 280 g/mol. The molecule has 0 bridgehead atoms. The summed E-state index contributed by atoms with van der Waals surface area (Å²) in [6.45, 7) is 4.91. The van der Waals surface area contributed by atoms with E-state index in [1.807, 2.05) is 36.4 Å². The van der Waals surface area contributed by atoms with Crippen LogP contribution in [-0.2, 0) is 6.61 Å². The third-order valence-electron chi connectivity index (χ3n) is 3.81. The molecule has 108 valence electrons. The first kappa shape index (κ1) is 13.7. The lowest BCUT2D eigenvalue weighted by atomic mass is 10.2. The number of benzene rings is 2. The number of aromatic nitrogens is 2. The van der Waals surface area contributed by atoms with Gasteiger partial charge in [-0.3, -0.25) is 0 Å². The van der Waals surface area contributed by atoms with Gasteiger partial charge in [0.1, 0.15) is 18.2 Å². The second kappa shape index (κ2) is 6.00. The normalized spacial score (nSPS) is 12.5. The first-order valence-electron chi connectivity index (χ1n) is 7.43. The van der Waals surface area contributed by atoms with Crippen molar-refractivity contribution in [1.82, 2.24) is 9.55 Å². The highest BCUT2D eigenvalue weighted by Gasteiger charge is 2.14. The summed E-state index contributed by atoms with van der Waals surface area (Å²) < 4.78 is 8.16. The van der Waals surface area contributed by atoms with Crippen molar-refractivity contribution in [1.29, 1.82) is 0 Å². The number of fused-ring (bicyclic) bond motifs is 1. The molecule has 0 saturated heterocycles. The van der Waals surface area contributed by atoms with Crippen LogP contribution in [0.15, 0.2) is 54.6 Å². The minimum Gasteiger partial charge on any atom is -0.486 e. The van der Waals surface area contributed by atoms with Gasteiger partial charge in [-0.15, -0.1) is 0 Å². The van der Waals surface area contributed by atoms with Crippen LogP contribution < -0.4 is 4.74 Å². The molecule has 0 aliphatic carbocycles. The van der Waals surface area contributed by atoms with E-state index in [0.717, 1.165) is 23.5 Å². The molecule has 0 radical (unpaired) electrons. The predicted molar refractivity (Wildman–Crippen MR) is 85.5 cm³/mol. The van der Waals surface area contributed by atoms with Crippen LogP contribution in [0.5, 0.6) is 5.75 Å². The number of ether oxygens (including phenoxy) is 1. The molecule has 1 unspecified atom stereocenters. The number of imidazole rings is 1. The van der Waals surface area contributed by atoms with Gasteiger partial charge in [0, 0.05) is 6.04 Å². The third kappa shape index (κ3) is 2.77. The maximum Gasteiger partial charge on any atom is 0.148 e. The van der Waals surface area contributed by atoms with E-state index in [1.54, 1.807) is 0 Å². The number of para-hydroxylation sites is 3. The number of rotatable bonds is 5.